The predicted molar refractivity (Wildman–Crippen MR) is 115 cm³/mol. The Labute approximate surface area is 179 Å². The van der Waals surface area contributed by atoms with Gasteiger partial charge < -0.3 is 14.2 Å². The van der Waals surface area contributed by atoms with Gasteiger partial charge in [0.25, 0.3) is 11.5 Å². The number of carbonyl (C=O) groups is 1. The SMILES string of the molecule is O=C([C@H]1CCCO1)N1C[C@@H]2C[C@H](C1)c1ccc(CN3CCCCCCC3)c(=O)n1C2. The largest absolute Gasteiger partial charge is 0.368 e. The molecule has 0 spiro atoms. The molecule has 0 radical (unpaired) electrons. The molecular formula is C24H35N3O3. The van der Waals surface area contributed by atoms with Crippen LogP contribution in [-0.2, 0) is 22.6 Å². The number of rotatable bonds is 3. The summed E-state index contributed by atoms with van der Waals surface area (Å²) in [6.45, 7) is 5.91. The minimum atomic E-state index is -0.244. The first kappa shape index (κ1) is 20.3. The zero-order valence-corrected chi connectivity index (χ0v) is 18.1. The summed E-state index contributed by atoms with van der Waals surface area (Å²) in [6.07, 6.45) is 9.12. The average molecular weight is 414 g/mol. The molecular weight excluding hydrogens is 378 g/mol. The Morgan fingerprint density at radius 1 is 1.00 bits per heavy atom. The third-order valence-corrected chi connectivity index (χ3v) is 7.54. The fourth-order valence-electron chi connectivity index (χ4n) is 5.98. The number of pyridine rings is 1. The van der Waals surface area contributed by atoms with Crippen LogP contribution in [0.3, 0.4) is 0 Å². The summed E-state index contributed by atoms with van der Waals surface area (Å²) in [4.78, 5) is 30.7. The topological polar surface area (TPSA) is 54.8 Å². The van der Waals surface area contributed by atoms with Crippen molar-refractivity contribution < 1.29 is 9.53 Å². The van der Waals surface area contributed by atoms with Crippen LogP contribution in [0.4, 0.5) is 0 Å². The average Bonchev–Trinajstić information content (AvgIpc) is 3.26. The quantitative estimate of drug-likeness (QED) is 0.765. The van der Waals surface area contributed by atoms with E-state index >= 15 is 0 Å². The molecule has 5 rings (SSSR count). The van der Waals surface area contributed by atoms with Crippen molar-refractivity contribution >= 4 is 5.91 Å². The monoisotopic (exact) mass is 413 g/mol. The Morgan fingerprint density at radius 2 is 1.80 bits per heavy atom. The van der Waals surface area contributed by atoms with Crippen molar-refractivity contribution in [2.24, 2.45) is 5.92 Å². The lowest BCUT2D eigenvalue weighted by Crippen LogP contribution is -2.51. The number of piperidine rings is 1. The summed E-state index contributed by atoms with van der Waals surface area (Å²) >= 11 is 0. The Bertz CT molecular complexity index is 821. The van der Waals surface area contributed by atoms with Gasteiger partial charge in [0.05, 0.1) is 0 Å². The second-order valence-corrected chi connectivity index (χ2v) is 9.79. The molecule has 1 aromatic heterocycles. The summed E-state index contributed by atoms with van der Waals surface area (Å²) in [5, 5.41) is 0. The smallest absolute Gasteiger partial charge is 0.255 e. The van der Waals surface area contributed by atoms with Crippen molar-refractivity contribution in [1.82, 2.24) is 14.4 Å². The summed E-state index contributed by atoms with van der Waals surface area (Å²) in [5.74, 6) is 0.800. The lowest BCUT2D eigenvalue weighted by molar-refractivity contribution is -0.143. The first-order chi connectivity index (χ1) is 14.7. The van der Waals surface area contributed by atoms with Crippen molar-refractivity contribution in [3.05, 3.63) is 33.7 Å². The van der Waals surface area contributed by atoms with Gasteiger partial charge in [-0.05, 0) is 57.2 Å². The van der Waals surface area contributed by atoms with Crippen molar-refractivity contribution in [3.63, 3.8) is 0 Å². The van der Waals surface area contributed by atoms with E-state index in [4.69, 9.17) is 4.74 Å². The van der Waals surface area contributed by atoms with Gasteiger partial charge in [-0.2, -0.15) is 0 Å². The predicted octanol–water partition coefficient (Wildman–Crippen LogP) is 2.74. The van der Waals surface area contributed by atoms with Crippen LogP contribution in [0, 0.1) is 5.92 Å². The molecule has 3 saturated heterocycles. The fraction of sp³-hybridized carbons (Fsp3) is 0.750. The zero-order chi connectivity index (χ0) is 20.5. The summed E-state index contributed by atoms with van der Waals surface area (Å²) in [6, 6.07) is 4.23. The van der Waals surface area contributed by atoms with E-state index in [0.717, 1.165) is 69.8 Å². The molecule has 30 heavy (non-hydrogen) atoms. The summed E-state index contributed by atoms with van der Waals surface area (Å²) < 4.78 is 7.67. The van der Waals surface area contributed by atoms with Crippen LogP contribution in [0.1, 0.15) is 68.5 Å². The van der Waals surface area contributed by atoms with Crippen LogP contribution in [-0.4, -0.2) is 59.2 Å². The minimum Gasteiger partial charge on any atom is -0.368 e. The van der Waals surface area contributed by atoms with Crippen LogP contribution in [0.2, 0.25) is 0 Å². The lowest BCUT2D eigenvalue weighted by atomic mass is 9.82. The Kier molecular flexibility index (Phi) is 5.96. The highest BCUT2D eigenvalue weighted by Gasteiger charge is 2.39. The fourth-order valence-corrected chi connectivity index (χ4v) is 5.98. The summed E-state index contributed by atoms with van der Waals surface area (Å²) in [5.41, 5.74) is 2.26. The van der Waals surface area contributed by atoms with Gasteiger partial charge in [-0.25, -0.2) is 0 Å². The van der Waals surface area contributed by atoms with E-state index in [1.807, 2.05) is 9.47 Å². The number of ether oxygens (including phenoxy) is 1. The van der Waals surface area contributed by atoms with Gasteiger partial charge >= 0.3 is 0 Å². The van der Waals surface area contributed by atoms with Crippen LogP contribution in [0.15, 0.2) is 16.9 Å². The van der Waals surface area contributed by atoms with Gasteiger partial charge in [-0.1, -0.05) is 25.3 Å². The van der Waals surface area contributed by atoms with E-state index in [2.05, 4.69) is 17.0 Å². The van der Waals surface area contributed by atoms with E-state index in [1.54, 1.807) is 0 Å². The number of aromatic nitrogens is 1. The van der Waals surface area contributed by atoms with Gasteiger partial charge in [0.1, 0.15) is 6.10 Å². The molecule has 3 atom stereocenters. The van der Waals surface area contributed by atoms with Crippen LogP contribution in [0.5, 0.6) is 0 Å². The molecule has 4 aliphatic rings. The van der Waals surface area contributed by atoms with E-state index in [1.165, 1.54) is 32.1 Å². The highest BCUT2D eigenvalue weighted by molar-refractivity contribution is 5.81. The summed E-state index contributed by atoms with van der Waals surface area (Å²) in [7, 11) is 0. The van der Waals surface area contributed by atoms with E-state index < -0.39 is 0 Å². The molecule has 0 aliphatic carbocycles. The molecule has 0 aromatic carbocycles. The van der Waals surface area contributed by atoms with Gasteiger partial charge in [-0.15, -0.1) is 0 Å². The Morgan fingerprint density at radius 3 is 2.57 bits per heavy atom. The van der Waals surface area contributed by atoms with Crippen LogP contribution >= 0.6 is 0 Å². The molecule has 0 unspecified atom stereocenters. The number of fused-ring (bicyclic) bond motifs is 4. The molecule has 3 fully saturated rings. The van der Waals surface area contributed by atoms with Gasteiger partial charge in [-0.3, -0.25) is 14.5 Å². The number of carbonyl (C=O) groups excluding carboxylic acids is 1. The first-order valence-corrected chi connectivity index (χ1v) is 12.0. The molecule has 164 valence electrons. The Hall–Kier alpha value is -1.66. The third kappa shape index (κ3) is 4.09. The van der Waals surface area contributed by atoms with Gasteiger partial charge in [0, 0.05) is 50.0 Å². The number of likely N-dealkylation sites (tertiary alicyclic amines) is 2. The molecule has 6 nitrogen and oxygen atoms in total. The molecule has 6 heteroatoms. The molecule has 0 saturated carbocycles. The van der Waals surface area contributed by atoms with Crippen LogP contribution < -0.4 is 5.56 Å². The molecule has 1 aromatic rings. The second-order valence-electron chi connectivity index (χ2n) is 9.79. The van der Waals surface area contributed by atoms with E-state index in [9.17, 15) is 9.59 Å². The lowest BCUT2D eigenvalue weighted by Gasteiger charge is -2.43. The highest BCUT2D eigenvalue weighted by atomic mass is 16.5. The van der Waals surface area contributed by atoms with Crippen molar-refractivity contribution in [3.8, 4) is 0 Å². The van der Waals surface area contributed by atoms with Crippen molar-refractivity contribution in [2.75, 3.05) is 32.8 Å². The van der Waals surface area contributed by atoms with Crippen LogP contribution in [0.25, 0.3) is 0 Å². The molecule has 4 aliphatic heterocycles. The standard InChI is InChI=1S/C24H35N3O3/c28-23-19(16-25-10-4-2-1-3-5-11-25)8-9-21-20-13-18(15-27(21)23)14-26(17-20)24(29)22-7-6-12-30-22/h8-9,18,20,22H,1-7,10-17H2/t18-,20+,22+/m0/s1. The van der Waals surface area contributed by atoms with E-state index in [-0.39, 0.29) is 23.5 Å². The third-order valence-electron chi connectivity index (χ3n) is 7.54. The van der Waals surface area contributed by atoms with E-state index in [0.29, 0.717) is 12.5 Å². The Balaban J connectivity index is 1.32. The molecule has 1 amide bonds. The van der Waals surface area contributed by atoms with Gasteiger partial charge in [0.15, 0.2) is 0 Å². The van der Waals surface area contributed by atoms with Gasteiger partial charge in [0.2, 0.25) is 0 Å². The first-order valence-electron chi connectivity index (χ1n) is 12.0. The maximum Gasteiger partial charge on any atom is 0.255 e. The van der Waals surface area contributed by atoms with Crippen molar-refractivity contribution in [1.29, 1.82) is 0 Å². The number of hydrogen-bond donors (Lipinski definition) is 0. The highest BCUT2D eigenvalue weighted by Crippen LogP contribution is 2.36. The number of amides is 1. The normalized spacial score (nSPS) is 29.9. The zero-order valence-electron chi connectivity index (χ0n) is 18.1. The van der Waals surface area contributed by atoms with Crippen molar-refractivity contribution in [2.45, 2.75) is 76.5 Å². The number of hydrogen-bond acceptors (Lipinski definition) is 4. The second kappa shape index (κ2) is 8.83. The molecule has 2 bridgehead atoms. The molecule has 0 N–H and O–H groups in total. The minimum absolute atomic E-state index is 0.159. The maximum absolute atomic E-state index is 13.3. The number of nitrogens with zero attached hydrogens (tertiary/aromatic N) is 3. The molecule has 5 heterocycles. The maximum atomic E-state index is 13.3.